The van der Waals surface area contributed by atoms with E-state index in [1.165, 1.54) is 18.2 Å². The lowest BCUT2D eigenvalue weighted by Gasteiger charge is -2.12. The van der Waals surface area contributed by atoms with Crippen LogP contribution in [0.2, 0.25) is 0 Å². The summed E-state index contributed by atoms with van der Waals surface area (Å²) in [6.07, 6.45) is 1.14. The highest BCUT2D eigenvalue weighted by Crippen LogP contribution is 2.29. The van der Waals surface area contributed by atoms with Crippen molar-refractivity contribution >= 4 is 5.69 Å². The number of hydrogen-bond donors (Lipinski definition) is 1. The Balaban J connectivity index is 2.92. The number of rotatable bonds is 6. The maximum Gasteiger partial charge on any atom is 0.270 e. The zero-order valence-electron chi connectivity index (χ0n) is 10.0. The Hall–Kier alpha value is -1.62. The topological polar surface area (TPSA) is 72.6 Å². The molecule has 0 aliphatic rings. The second-order valence-electron chi connectivity index (χ2n) is 3.86. The molecule has 0 aromatic heterocycles. The summed E-state index contributed by atoms with van der Waals surface area (Å²) in [6.45, 7) is 4.16. The third-order valence-electron chi connectivity index (χ3n) is 2.41. The minimum atomic E-state index is -0.786. The van der Waals surface area contributed by atoms with Crippen molar-refractivity contribution in [1.82, 2.24) is 0 Å². The number of unbranched alkanes of at least 4 members (excludes halogenated alkanes) is 1. The first-order valence-electron chi connectivity index (χ1n) is 5.65. The number of aliphatic hydroxyl groups excluding tert-OH is 1. The second kappa shape index (κ2) is 6.20. The van der Waals surface area contributed by atoms with Crippen molar-refractivity contribution in [1.29, 1.82) is 0 Å². The smallest absolute Gasteiger partial charge is 0.270 e. The molecule has 0 aliphatic carbocycles. The summed E-state index contributed by atoms with van der Waals surface area (Å²) in [7, 11) is 0. The molecule has 0 heterocycles. The van der Waals surface area contributed by atoms with Gasteiger partial charge in [-0.15, -0.1) is 0 Å². The minimum absolute atomic E-state index is 0.0382. The molecule has 1 rings (SSSR count). The highest BCUT2D eigenvalue weighted by molar-refractivity contribution is 5.44. The number of hydrogen-bond acceptors (Lipinski definition) is 4. The average molecular weight is 239 g/mol. The van der Waals surface area contributed by atoms with Crippen molar-refractivity contribution in [2.45, 2.75) is 32.8 Å². The number of ether oxygens (including phenoxy) is 1. The van der Waals surface area contributed by atoms with Gasteiger partial charge in [-0.3, -0.25) is 10.1 Å². The third-order valence-corrected chi connectivity index (χ3v) is 2.41. The van der Waals surface area contributed by atoms with Crippen molar-refractivity contribution in [3.05, 3.63) is 33.9 Å². The average Bonchev–Trinajstić information content (AvgIpc) is 2.29. The number of benzene rings is 1. The van der Waals surface area contributed by atoms with Crippen molar-refractivity contribution < 1.29 is 14.8 Å². The van der Waals surface area contributed by atoms with Gasteiger partial charge in [-0.25, -0.2) is 0 Å². The zero-order valence-corrected chi connectivity index (χ0v) is 10.0. The Labute approximate surface area is 100 Å². The molecule has 0 bridgehead atoms. The molecule has 0 amide bonds. The van der Waals surface area contributed by atoms with E-state index in [0.29, 0.717) is 17.9 Å². The molecule has 0 radical (unpaired) electrons. The van der Waals surface area contributed by atoms with Crippen LogP contribution in [0.25, 0.3) is 0 Å². The molecule has 1 unspecified atom stereocenters. The van der Waals surface area contributed by atoms with Crippen LogP contribution in [0.15, 0.2) is 18.2 Å². The quantitative estimate of drug-likeness (QED) is 0.470. The number of nitro groups is 1. The molecular formula is C12H17NO4. The van der Waals surface area contributed by atoms with Gasteiger partial charge in [0.25, 0.3) is 5.69 Å². The third kappa shape index (κ3) is 3.71. The fraction of sp³-hybridized carbons (Fsp3) is 0.500. The fourth-order valence-corrected chi connectivity index (χ4v) is 1.43. The van der Waals surface area contributed by atoms with E-state index in [1.807, 2.05) is 0 Å². The van der Waals surface area contributed by atoms with Gasteiger partial charge in [-0.05, 0) is 19.4 Å². The van der Waals surface area contributed by atoms with Crippen molar-refractivity contribution in [2.24, 2.45) is 0 Å². The SMILES string of the molecule is CCCCOc1ccc([N+](=O)[O-])cc1C(C)O. The van der Waals surface area contributed by atoms with Gasteiger partial charge < -0.3 is 9.84 Å². The number of non-ortho nitro benzene ring substituents is 1. The highest BCUT2D eigenvalue weighted by Gasteiger charge is 2.15. The van der Waals surface area contributed by atoms with Crippen molar-refractivity contribution in [3.8, 4) is 5.75 Å². The van der Waals surface area contributed by atoms with Gasteiger partial charge in [0.1, 0.15) is 5.75 Å². The summed E-state index contributed by atoms with van der Waals surface area (Å²) in [5.41, 5.74) is 0.416. The van der Waals surface area contributed by atoms with Gasteiger partial charge in [-0.2, -0.15) is 0 Å². The maximum atomic E-state index is 10.6. The summed E-state index contributed by atoms with van der Waals surface area (Å²) in [6, 6.07) is 4.27. The van der Waals surface area contributed by atoms with E-state index in [-0.39, 0.29) is 5.69 Å². The second-order valence-corrected chi connectivity index (χ2v) is 3.86. The molecule has 17 heavy (non-hydrogen) atoms. The van der Waals surface area contributed by atoms with E-state index in [9.17, 15) is 15.2 Å². The van der Waals surface area contributed by atoms with Crippen LogP contribution in [0.3, 0.4) is 0 Å². The molecule has 5 nitrogen and oxygen atoms in total. The van der Waals surface area contributed by atoms with Crippen LogP contribution in [0, 0.1) is 10.1 Å². The Bertz CT molecular complexity index is 390. The summed E-state index contributed by atoms with van der Waals surface area (Å²) >= 11 is 0. The monoisotopic (exact) mass is 239 g/mol. The Morgan fingerprint density at radius 2 is 2.24 bits per heavy atom. The Morgan fingerprint density at radius 1 is 1.53 bits per heavy atom. The van der Waals surface area contributed by atoms with Gasteiger partial charge >= 0.3 is 0 Å². The number of nitrogens with zero attached hydrogens (tertiary/aromatic N) is 1. The van der Waals surface area contributed by atoms with E-state index in [2.05, 4.69) is 6.92 Å². The molecule has 0 aliphatic heterocycles. The summed E-state index contributed by atoms with van der Waals surface area (Å²) < 4.78 is 5.49. The molecule has 0 saturated carbocycles. The summed E-state index contributed by atoms with van der Waals surface area (Å²) in [5.74, 6) is 0.513. The first kappa shape index (κ1) is 13.4. The predicted octanol–water partition coefficient (Wildman–Crippen LogP) is 2.83. The first-order chi connectivity index (χ1) is 8.06. The van der Waals surface area contributed by atoms with Crippen LogP contribution in [0.1, 0.15) is 38.4 Å². The summed E-state index contributed by atoms with van der Waals surface area (Å²) in [4.78, 5) is 10.1. The fourth-order valence-electron chi connectivity index (χ4n) is 1.43. The number of nitro benzene ring substituents is 1. The Morgan fingerprint density at radius 3 is 2.76 bits per heavy atom. The molecule has 1 N–H and O–H groups in total. The largest absolute Gasteiger partial charge is 0.493 e. The van der Waals surface area contributed by atoms with Gasteiger partial charge in [0, 0.05) is 17.7 Å². The lowest BCUT2D eigenvalue weighted by Crippen LogP contribution is -2.03. The van der Waals surface area contributed by atoms with E-state index >= 15 is 0 Å². The van der Waals surface area contributed by atoms with E-state index in [4.69, 9.17) is 4.74 Å². The first-order valence-corrected chi connectivity index (χ1v) is 5.65. The predicted molar refractivity (Wildman–Crippen MR) is 64.1 cm³/mol. The molecule has 0 saturated heterocycles. The maximum absolute atomic E-state index is 10.6. The van der Waals surface area contributed by atoms with Gasteiger partial charge in [-0.1, -0.05) is 13.3 Å². The van der Waals surface area contributed by atoms with E-state index in [0.717, 1.165) is 12.8 Å². The normalized spacial score (nSPS) is 12.2. The molecular weight excluding hydrogens is 222 g/mol. The zero-order chi connectivity index (χ0) is 12.8. The lowest BCUT2D eigenvalue weighted by atomic mass is 10.1. The van der Waals surface area contributed by atoms with Crippen LogP contribution >= 0.6 is 0 Å². The molecule has 0 spiro atoms. The van der Waals surface area contributed by atoms with Crippen LogP contribution in [0.4, 0.5) is 5.69 Å². The Kier molecular flexibility index (Phi) is 4.90. The molecule has 1 atom stereocenters. The molecule has 94 valence electrons. The van der Waals surface area contributed by atoms with Crippen LogP contribution in [-0.2, 0) is 0 Å². The van der Waals surface area contributed by atoms with Gasteiger partial charge in [0.15, 0.2) is 0 Å². The lowest BCUT2D eigenvalue weighted by molar-refractivity contribution is -0.385. The van der Waals surface area contributed by atoms with Crippen LogP contribution in [0.5, 0.6) is 5.75 Å². The molecule has 5 heteroatoms. The van der Waals surface area contributed by atoms with Gasteiger partial charge in [0.2, 0.25) is 0 Å². The standard InChI is InChI=1S/C12H17NO4/c1-3-4-7-17-12-6-5-10(13(15)16)8-11(12)9(2)14/h5-6,8-9,14H,3-4,7H2,1-2H3. The van der Waals surface area contributed by atoms with Crippen LogP contribution < -0.4 is 4.74 Å². The molecule has 1 aromatic carbocycles. The molecule has 0 fully saturated rings. The van der Waals surface area contributed by atoms with E-state index in [1.54, 1.807) is 6.92 Å². The van der Waals surface area contributed by atoms with E-state index < -0.39 is 11.0 Å². The molecule has 1 aromatic rings. The van der Waals surface area contributed by atoms with Gasteiger partial charge in [0.05, 0.1) is 17.6 Å². The minimum Gasteiger partial charge on any atom is -0.493 e. The van der Waals surface area contributed by atoms with Crippen molar-refractivity contribution in [3.63, 3.8) is 0 Å². The number of aliphatic hydroxyl groups is 1. The van der Waals surface area contributed by atoms with Crippen molar-refractivity contribution in [2.75, 3.05) is 6.61 Å². The van der Waals surface area contributed by atoms with Crippen LogP contribution in [-0.4, -0.2) is 16.6 Å². The highest BCUT2D eigenvalue weighted by atomic mass is 16.6. The summed E-state index contributed by atoms with van der Waals surface area (Å²) in [5, 5.41) is 20.2.